The first-order chi connectivity index (χ1) is 11.6. The highest BCUT2D eigenvalue weighted by atomic mass is 16.3. The van der Waals surface area contributed by atoms with Crippen molar-refractivity contribution in [1.82, 2.24) is 9.97 Å². The molecule has 0 radical (unpaired) electrons. The van der Waals surface area contributed by atoms with E-state index >= 15 is 0 Å². The Morgan fingerprint density at radius 3 is 2.79 bits per heavy atom. The lowest BCUT2D eigenvalue weighted by molar-refractivity contribution is 0.413. The van der Waals surface area contributed by atoms with Gasteiger partial charge in [0.25, 0.3) is 0 Å². The minimum atomic E-state index is -0.0135. The van der Waals surface area contributed by atoms with Crippen LogP contribution in [0.2, 0.25) is 0 Å². The molecule has 2 atom stereocenters. The number of nitrogens with two attached hydrogens (primary N) is 1. The van der Waals surface area contributed by atoms with Crippen LogP contribution in [0.15, 0.2) is 42.5 Å². The standard InChI is InChI=1S/C19H20N4O/c1-11(13-7-6-12-4-2-3-5-14(12)8-13)15-9-16-17(21-10-15)22-19(20)23-18(16)24/h2-8,11,15H,9-10H2,1H3,(H4,20,21,22,23,24). The third-order valence-corrected chi connectivity index (χ3v) is 5.01. The van der Waals surface area contributed by atoms with Crippen molar-refractivity contribution in [2.75, 3.05) is 17.6 Å². The molecule has 0 aliphatic carbocycles. The van der Waals surface area contributed by atoms with Crippen molar-refractivity contribution in [3.8, 4) is 5.88 Å². The van der Waals surface area contributed by atoms with Crippen LogP contribution in [0, 0.1) is 5.92 Å². The van der Waals surface area contributed by atoms with E-state index < -0.39 is 0 Å². The van der Waals surface area contributed by atoms with Crippen molar-refractivity contribution >= 4 is 22.5 Å². The van der Waals surface area contributed by atoms with Crippen LogP contribution in [-0.4, -0.2) is 21.6 Å². The Morgan fingerprint density at radius 1 is 1.17 bits per heavy atom. The zero-order valence-corrected chi connectivity index (χ0v) is 13.5. The van der Waals surface area contributed by atoms with Crippen LogP contribution >= 0.6 is 0 Å². The fraction of sp³-hybridized carbons (Fsp3) is 0.263. The maximum absolute atomic E-state index is 10.1. The number of benzene rings is 2. The highest BCUT2D eigenvalue weighted by Crippen LogP contribution is 2.36. The van der Waals surface area contributed by atoms with E-state index in [0.717, 1.165) is 18.5 Å². The van der Waals surface area contributed by atoms with E-state index in [1.807, 2.05) is 0 Å². The lowest BCUT2D eigenvalue weighted by Crippen LogP contribution is -2.28. The van der Waals surface area contributed by atoms with Gasteiger partial charge in [0.2, 0.25) is 11.8 Å². The average Bonchev–Trinajstić information content (AvgIpc) is 2.60. The molecule has 0 saturated carbocycles. The molecular weight excluding hydrogens is 300 g/mol. The highest BCUT2D eigenvalue weighted by Gasteiger charge is 2.28. The van der Waals surface area contributed by atoms with Gasteiger partial charge in [-0.05, 0) is 34.6 Å². The van der Waals surface area contributed by atoms with Crippen molar-refractivity contribution in [2.45, 2.75) is 19.3 Å². The van der Waals surface area contributed by atoms with Gasteiger partial charge in [0, 0.05) is 6.54 Å². The average molecular weight is 320 g/mol. The Hall–Kier alpha value is -2.82. The third-order valence-electron chi connectivity index (χ3n) is 5.01. The number of aromatic hydroxyl groups is 1. The van der Waals surface area contributed by atoms with E-state index in [-0.39, 0.29) is 11.8 Å². The summed E-state index contributed by atoms with van der Waals surface area (Å²) in [7, 11) is 0. The maximum atomic E-state index is 10.1. The van der Waals surface area contributed by atoms with Crippen LogP contribution in [-0.2, 0) is 6.42 Å². The molecule has 5 nitrogen and oxygen atoms in total. The van der Waals surface area contributed by atoms with Gasteiger partial charge in [-0.25, -0.2) is 0 Å². The van der Waals surface area contributed by atoms with Crippen LogP contribution in [0.3, 0.4) is 0 Å². The molecule has 5 heteroatoms. The summed E-state index contributed by atoms with van der Waals surface area (Å²) in [5.74, 6) is 1.45. The normalized spacial score (nSPS) is 18.0. The number of nitrogen functional groups attached to an aromatic ring is 1. The monoisotopic (exact) mass is 320 g/mol. The third kappa shape index (κ3) is 2.52. The summed E-state index contributed by atoms with van der Waals surface area (Å²) >= 11 is 0. The predicted molar refractivity (Wildman–Crippen MR) is 96.2 cm³/mol. The first kappa shape index (κ1) is 14.8. The molecular formula is C19H20N4O. The Labute approximate surface area is 140 Å². The molecule has 1 aromatic heterocycles. The molecule has 3 aromatic rings. The Kier molecular flexibility index (Phi) is 3.49. The Morgan fingerprint density at radius 2 is 1.96 bits per heavy atom. The summed E-state index contributed by atoms with van der Waals surface area (Å²) in [5.41, 5.74) is 7.66. The molecule has 2 heterocycles. The Balaban J connectivity index is 1.63. The van der Waals surface area contributed by atoms with Gasteiger partial charge in [-0.2, -0.15) is 9.97 Å². The van der Waals surface area contributed by atoms with Gasteiger partial charge in [0.05, 0.1) is 5.56 Å². The van der Waals surface area contributed by atoms with Gasteiger partial charge in [-0.3, -0.25) is 0 Å². The molecule has 122 valence electrons. The maximum Gasteiger partial charge on any atom is 0.225 e. The van der Waals surface area contributed by atoms with E-state index in [4.69, 9.17) is 5.73 Å². The van der Waals surface area contributed by atoms with E-state index in [0.29, 0.717) is 17.7 Å². The zero-order valence-electron chi connectivity index (χ0n) is 13.5. The molecule has 2 unspecified atom stereocenters. The molecule has 0 saturated heterocycles. The lowest BCUT2D eigenvalue weighted by Gasteiger charge is -2.30. The summed E-state index contributed by atoms with van der Waals surface area (Å²) in [6.45, 7) is 3.04. The molecule has 2 aromatic carbocycles. The fourth-order valence-corrected chi connectivity index (χ4v) is 3.50. The summed E-state index contributed by atoms with van der Waals surface area (Å²) in [6.07, 6.45) is 0.739. The molecule has 24 heavy (non-hydrogen) atoms. The number of rotatable bonds is 2. The van der Waals surface area contributed by atoms with Crippen LogP contribution in [0.5, 0.6) is 5.88 Å². The van der Waals surface area contributed by atoms with Gasteiger partial charge < -0.3 is 16.2 Å². The zero-order chi connectivity index (χ0) is 16.7. The Bertz CT molecular complexity index is 909. The quantitative estimate of drug-likeness (QED) is 0.674. The molecule has 0 spiro atoms. The fourth-order valence-electron chi connectivity index (χ4n) is 3.50. The number of nitrogens with zero attached hydrogens (tertiary/aromatic N) is 2. The van der Waals surface area contributed by atoms with Crippen LogP contribution in [0.4, 0.5) is 11.8 Å². The van der Waals surface area contributed by atoms with E-state index in [1.165, 1.54) is 16.3 Å². The number of nitrogens with one attached hydrogen (secondary N) is 1. The highest BCUT2D eigenvalue weighted by molar-refractivity contribution is 5.83. The molecule has 1 aliphatic heterocycles. The van der Waals surface area contributed by atoms with Crippen LogP contribution < -0.4 is 11.1 Å². The second-order valence-corrected chi connectivity index (χ2v) is 6.47. The van der Waals surface area contributed by atoms with Gasteiger partial charge in [-0.1, -0.05) is 49.4 Å². The van der Waals surface area contributed by atoms with Crippen LogP contribution in [0.25, 0.3) is 10.8 Å². The van der Waals surface area contributed by atoms with E-state index in [1.54, 1.807) is 0 Å². The van der Waals surface area contributed by atoms with E-state index in [2.05, 4.69) is 64.7 Å². The van der Waals surface area contributed by atoms with Crippen molar-refractivity contribution < 1.29 is 5.11 Å². The van der Waals surface area contributed by atoms with Gasteiger partial charge >= 0.3 is 0 Å². The molecule has 1 aliphatic rings. The van der Waals surface area contributed by atoms with E-state index in [9.17, 15) is 5.11 Å². The summed E-state index contributed by atoms with van der Waals surface area (Å²) in [4.78, 5) is 8.05. The van der Waals surface area contributed by atoms with Crippen molar-refractivity contribution in [3.05, 3.63) is 53.6 Å². The smallest absolute Gasteiger partial charge is 0.225 e. The topological polar surface area (TPSA) is 84.1 Å². The molecule has 0 amide bonds. The number of hydrogen-bond donors (Lipinski definition) is 3. The summed E-state index contributed by atoms with van der Waals surface area (Å²) < 4.78 is 0. The van der Waals surface area contributed by atoms with Gasteiger partial charge in [-0.15, -0.1) is 0 Å². The summed E-state index contributed by atoms with van der Waals surface area (Å²) in [6, 6.07) is 15.0. The second kappa shape index (κ2) is 5.67. The minimum absolute atomic E-state index is 0.0135. The van der Waals surface area contributed by atoms with Crippen molar-refractivity contribution in [2.24, 2.45) is 5.92 Å². The second-order valence-electron chi connectivity index (χ2n) is 6.47. The number of hydrogen-bond acceptors (Lipinski definition) is 5. The number of aromatic nitrogens is 2. The van der Waals surface area contributed by atoms with Crippen LogP contribution in [0.1, 0.15) is 24.0 Å². The van der Waals surface area contributed by atoms with Crippen molar-refractivity contribution in [3.63, 3.8) is 0 Å². The molecule has 4 N–H and O–H groups in total. The number of fused-ring (bicyclic) bond motifs is 2. The van der Waals surface area contributed by atoms with Crippen molar-refractivity contribution in [1.29, 1.82) is 0 Å². The summed E-state index contributed by atoms with van der Waals surface area (Å²) in [5, 5.41) is 15.9. The first-order valence-electron chi connectivity index (χ1n) is 8.20. The molecule has 0 bridgehead atoms. The largest absolute Gasteiger partial charge is 0.493 e. The van der Waals surface area contributed by atoms with Gasteiger partial charge in [0.1, 0.15) is 5.82 Å². The molecule has 0 fully saturated rings. The first-order valence-corrected chi connectivity index (χ1v) is 8.20. The van der Waals surface area contributed by atoms with Gasteiger partial charge in [0.15, 0.2) is 0 Å². The molecule has 4 rings (SSSR count). The lowest BCUT2D eigenvalue weighted by atomic mass is 9.81. The predicted octanol–water partition coefficient (Wildman–Crippen LogP) is 3.31. The minimum Gasteiger partial charge on any atom is -0.493 e. The number of anilines is 2. The SMILES string of the molecule is CC(c1ccc2ccccc2c1)C1CNc2nc(N)nc(O)c2C1.